The van der Waals surface area contributed by atoms with Crippen LogP contribution in [-0.4, -0.2) is 16.7 Å². The number of hydrogen-bond donors (Lipinski definition) is 1. The highest BCUT2D eigenvalue weighted by Gasteiger charge is 2.24. The second-order valence-corrected chi connectivity index (χ2v) is 4.69. The fourth-order valence-corrected chi connectivity index (χ4v) is 2.29. The zero-order valence-corrected chi connectivity index (χ0v) is 9.91. The highest BCUT2D eigenvalue weighted by atomic mass is 16.6. The number of hydrogen-bond acceptors (Lipinski definition) is 3. The molecule has 0 bridgehead atoms. The van der Waals surface area contributed by atoms with Crippen LogP contribution in [0.15, 0.2) is 0 Å². The fraction of sp³-hybridized carbons (Fsp3) is 0.917. The van der Waals surface area contributed by atoms with Crippen molar-refractivity contribution in [3.63, 3.8) is 0 Å². The summed E-state index contributed by atoms with van der Waals surface area (Å²) in [5.74, 6) is 0. The van der Waals surface area contributed by atoms with Gasteiger partial charge in [0.25, 0.3) is 0 Å². The Morgan fingerprint density at radius 2 is 1.50 bits per heavy atom. The van der Waals surface area contributed by atoms with Crippen LogP contribution >= 0.6 is 0 Å². The van der Waals surface area contributed by atoms with Crippen molar-refractivity contribution in [2.24, 2.45) is 0 Å². The van der Waals surface area contributed by atoms with Gasteiger partial charge in [0.05, 0.1) is 5.71 Å². The van der Waals surface area contributed by atoms with Crippen LogP contribution < -0.4 is 0 Å². The molecule has 1 N–H and O–H groups in total. The summed E-state index contributed by atoms with van der Waals surface area (Å²) in [6.45, 7) is 0. The normalized spacial score (nSPS) is 25.5. The molecule has 1 atom stereocenters. The average Bonchev–Trinajstić information content (AvgIpc) is 2.22. The molecule has 0 amide bonds. The Kier molecular flexibility index (Phi) is 6.04. The minimum absolute atomic E-state index is 0.270. The van der Waals surface area contributed by atoms with E-state index in [9.17, 15) is 10.1 Å². The van der Waals surface area contributed by atoms with E-state index in [0.29, 0.717) is 18.6 Å². The lowest BCUT2D eigenvalue weighted by Gasteiger charge is -2.12. The zero-order valence-electron chi connectivity index (χ0n) is 9.91. The van der Waals surface area contributed by atoms with Gasteiger partial charge in [0.15, 0.2) is 0 Å². The van der Waals surface area contributed by atoms with Crippen molar-refractivity contribution >= 4 is 5.71 Å². The maximum absolute atomic E-state index is 10.8. The molecule has 0 heterocycles. The van der Waals surface area contributed by atoms with Gasteiger partial charge in [0.2, 0.25) is 6.04 Å². The van der Waals surface area contributed by atoms with Gasteiger partial charge in [-0.1, -0.05) is 38.5 Å². The molecule has 0 aromatic carbocycles. The highest BCUT2D eigenvalue weighted by Crippen LogP contribution is 2.16. The Balaban J connectivity index is 2.46. The Morgan fingerprint density at radius 1 is 1.00 bits per heavy atom. The van der Waals surface area contributed by atoms with Crippen molar-refractivity contribution in [3.8, 4) is 0 Å². The molecule has 0 radical (unpaired) electrons. The zero-order chi connectivity index (χ0) is 11.8. The Morgan fingerprint density at radius 3 is 2.06 bits per heavy atom. The number of nitrogens with zero attached hydrogens (tertiary/aromatic N) is 1. The van der Waals surface area contributed by atoms with Gasteiger partial charge in [-0.05, 0) is 19.3 Å². The quantitative estimate of drug-likeness (QED) is 0.548. The van der Waals surface area contributed by atoms with Crippen LogP contribution in [0.5, 0.6) is 0 Å². The lowest BCUT2D eigenvalue weighted by Crippen LogP contribution is -2.29. The van der Waals surface area contributed by atoms with Crippen LogP contribution in [-0.2, 0) is 0 Å². The predicted molar refractivity (Wildman–Crippen MR) is 64.7 cm³/mol. The fourth-order valence-electron chi connectivity index (χ4n) is 2.29. The monoisotopic (exact) mass is 226 g/mol. The molecule has 1 aliphatic carbocycles. The number of nitro groups is 1. The first-order chi connectivity index (χ1) is 7.72. The minimum Gasteiger partial charge on any atom is -0.303 e. The third kappa shape index (κ3) is 4.73. The molecule has 1 fully saturated rings. The maximum Gasteiger partial charge on any atom is 0.250 e. The van der Waals surface area contributed by atoms with E-state index in [1.165, 1.54) is 25.7 Å². The molecule has 1 saturated carbocycles. The van der Waals surface area contributed by atoms with Crippen LogP contribution in [0.25, 0.3) is 0 Å². The smallest absolute Gasteiger partial charge is 0.250 e. The molecule has 0 unspecified atom stereocenters. The summed E-state index contributed by atoms with van der Waals surface area (Å²) in [7, 11) is 0. The van der Waals surface area contributed by atoms with Gasteiger partial charge in [-0.25, -0.2) is 0 Å². The molecule has 92 valence electrons. The van der Waals surface area contributed by atoms with Gasteiger partial charge in [-0.2, -0.15) is 0 Å². The van der Waals surface area contributed by atoms with Crippen molar-refractivity contribution in [2.45, 2.75) is 70.3 Å². The van der Waals surface area contributed by atoms with Crippen LogP contribution in [0.4, 0.5) is 0 Å². The molecule has 4 heteroatoms. The SMILES string of the molecule is N=C1CCCCCCCCCC[C@@H]1[N+](=O)[O-]. The summed E-state index contributed by atoms with van der Waals surface area (Å²) < 4.78 is 0. The first-order valence-electron chi connectivity index (χ1n) is 6.42. The molecule has 0 spiro atoms. The van der Waals surface area contributed by atoms with E-state index in [4.69, 9.17) is 5.41 Å². The molecule has 4 nitrogen and oxygen atoms in total. The number of nitrogens with one attached hydrogen (secondary N) is 1. The van der Waals surface area contributed by atoms with Gasteiger partial charge in [0.1, 0.15) is 0 Å². The topological polar surface area (TPSA) is 67.0 Å². The molecule has 1 aliphatic rings. The van der Waals surface area contributed by atoms with Crippen LogP contribution in [0.2, 0.25) is 0 Å². The van der Waals surface area contributed by atoms with Gasteiger partial charge >= 0.3 is 0 Å². The highest BCUT2D eigenvalue weighted by molar-refractivity contribution is 5.85. The van der Waals surface area contributed by atoms with Crippen molar-refractivity contribution in [3.05, 3.63) is 10.1 Å². The standard InChI is InChI=1S/C12H22N2O2/c13-11-9-7-5-3-1-2-4-6-8-10-12(11)14(15)16/h12-13H,1-10H2/t12-/m0/s1. The van der Waals surface area contributed by atoms with Crippen molar-refractivity contribution in [1.29, 1.82) is 5.41 Å². The van der Waals surface area contributed by atoms with Crippen molar-refractivity contribution in [1.82, 2.24) is 0 Å². The Labute approximate surface area is 97.1 Å². The maximum atomic E-state index is 10.8. The lowest BCUT2D eigenvalue weighted by molar-refractivity contribution is -0.504. The predicted octanol–water partition coefficient (Wildman–Crippen LogP) is 3.57. The minimum atomic E-state index is -0.709. The molecule has 0 aromatic rings. The van der Waals surface area contributed by atoms with E-state index in [-0.39, 0.29) is 4.92 Å². The van der Waals surface area contributed by atoms with Gasteiger partial charge < -0.3 is 5.41 Å². The van der Waals surface area contributed by atoms with E-state index in [2.05, 4.69) is 0 Å². The summed E-state index contributed by atoms with van der Waals surface area (Å²) in [6, 6.07) is -0.709. The second-order valence-electron chi connectivity index (χ2n) is 4.69. The van der Waals surface area contributed by atoms with E-state index >= 15 is 0 Å². The third-order valence-electron chi connectivity index (χ3n) is 3.33. The van der Waals surface area contributed by atoms with Crippen LogP contribution in [0, 0.1) is 15.5 Å². The summed E-state index contributed by atoms with van der Waals surface area (Å²) in [4.78, 5) is 10.6. The van der Waals surface area contributed by atoms with Crippen LogP contribution in [0.1, 0.15) is 64.2 Å². The van der Waals surface area contributed by atoms with E-state index in [1.54, 1.807) is 0 Å². The molecule has 16 heavy (non-hydrogen) atoms. The summed E-state index contributed by atoms with van der Waals surface area (Å²) in [5, 5.41) is 18.6. The largest absolute Gasteiger partial charge is 0.303 e. The van der Waals surface area contributed by atoms with E-state index in [0.717, 1.165) is 25.7 Å². The van der Waals surface area contributed by atoms with E-state index < -0.39 is 6.04 Å². The van der Waals surface area contributed by atoms with Crippen molar-refractivity contribution < 1.29 is 4.92 Å². The Bertz CT molecular complexity index is 241. The van der Waals surface area contributed by atoms with Gasteiger partial charge in [-0.3, -0.25) is 10.1 Å². The Hall–Kier alpha value is -0.930. The second kappa shape index (κ2) is 7.36. The molecule has 0 aliphatic heterocycles. The third-order valence-corrected chi connectivity index (χ3v) is 3.33. The molecular weight excluding hydrogens is 204 g/mol. The summed E-state index contributed by atoms with van der Waals surface area (Å²) in [5.41, 5.74) is 0.338. The first kappa shape index (κ1) is 13.1. The van der Waals surface area contributed by atoms with Crippen LogP contribution in [0.3, 0.4) is 0 Å². The van der Waals surface area contributed by atoms with Gasteiger partial charge in [-0.15, -0.1) is 0 Å². The lowest BCUT2D eigenvalue weighted by atomic mass is 9.97. The molecule has 0 aromatic heterocycles. The molecule has 0 saturated heterocycles. The van der Waals surface area contributed by atoms with E-state index in [1.807, 2.05) is 0 Å². The first-order valence-corrected chi connectivity index (χ1v) is 6.42. The number of rotatable bonds is 1. The van der Waals surface area contributed by atoms with Gasteiger partial charge in [0, 0.05) is 11.3 Å². The summed E-state index contributed by atoms with van der Waals surface area (Å²) >= 11 is 0. The average molecular weight is 226 g/mol. The molecular formula is C12H22N2O2. The van der Waals surface area contributed by atoms with Crippen molar-refractivity contribution in [2.75, 3.05) is 0 Å². The summed E-state index contributed by atoms with van der Waals surface area (Å²) in [6.07, 6.45) is 10.2. The molecule has 1 rings (SSSR count).